The van der Waals surface area contributed by atoms with Crippen molar-refractivity contribution in [2.45, 2.75) is 40.0 Å². The largest absolute Gasteiger partial charge is 0.421 e. The molecule has 4 heterocycles. The summed E-state index contributed by atoms with van der Waals surface area (Å²) in [4.78, 5) is 10.1. The summed E-state index contributed by atoms with van der Waals surface area (Å²) in [6.07, 6.45) is 5.70. The van der Waals surface area contributed by atoms with E-state index in [1.54, 1.807) is 0 Å². The van der Waals surface area contributed by atoms with Crippen LogP contribution < -0.4 is 19.7 Å². The van der Waals surface area contributed by atoms with Crippen LogP contribution in [0.1, 0.15) is 37.5 Å². The van der Waals surface area contributed by atoms with Crippen molar-refractivity contribution in [1.82, 2.24) is 14.1 Å². The van der Waals surface area contributed by atoms with Gasteiger partial charge in [0.1, 0.15) is 5.82 Å². The predicted molar refractivity (Wildman–Crippen MR) is 253 cm³/mol. The van der Waals surface area contributed by atoms with Crippen LogP contribution in [0.3, 0.4) is 0 Å². The van der Waals surface area contributed by atoms with Gasteiger partial charge < -0.3 is 9.62 Å². The quantitative estimate of drug-likeness (QED) is 0.0956. The molecule has 0 atom stereocenters. The monoisotopic (exact) mass is 788 g/mol. The molecule has 7 aromatic carbocycles. The van der Waals surface area contributed by atoms with Crippen LogP contribution in [-0.4, -0.2) is 21.1 Å². The van der Waals surface area contributed by atoms with Crippen LogP contribution in [0.25, 0.3) is 50.0 Å². The number of nitrogens with zero attached hydrogens (tertiary/aromatic N) is 6. The van der Waals surface area contributed by atoms with E-state index in [9.17, 15) is 0 Å². The lowest BCUT2D eigenvalue weighted by Crippen LogP contribution is -2.55. The van der Waals surface area contributed by atoms with Crippen LogP contribution in [0.4, 0.5) is 22.7 Å². The van der Waals surface area contributed by atoms with E-state index in [0.717, 1.165) is 62.0 Å². The topological polar surface area (TPSA) is 33.1 Å². The van der Waals surface area contributed by atoms with Crippen molar-refractivity contribution in [1.29, 1.82) is 0 Å². The first-order chi connectivity index (χ1) is 29.7. The number of imidazole rings is 1. The average molecular weight is 789 g/mol. The van der Waals surface area contributed by atoms with Gasteiger partial charge in [0.05, 0.1) is 44.8 Å². The van der Waals surface area contributed by atoms with E-state index in [1.165, 1.54) is 32.9 Å². The van der Waals surface area contributed by atoms with Crippen molar-refractivity contribution in [3.8, 4) is 17.2 Å². The molecule has 0 fully saturated rings. The van der Waals surface area contributed by atoms with Gasteiger partial charge in [0.15, 0.2) is 0 Å². The fraction of sp³-hybridized carbons (Fsp3) is 0.111. The van der Waals surface area contributed by atoms with Gasteiger partial charge in [-0.3, -0.25) is 13.7 Å². The van der Waals surface area contributed by atoms with Gasteiger partial charge in [0.25, 0.3) is 6.33 Å². The minimum Gasteiger partial charge on any atom is -0.360 e. The fourth-order valence-electron chi connectivity index (χ4n) is 9.45. The number of pyridine rings is 1. The Labute approximate surface area is 357 Å². The number of hydrogen-bond acceptors (Lipinski definition) is 3. The maximum absolute atomic E-state index is 5.02. The molecule has 0 amide bonds. The van der Waals surface area contributed by atoms with Crippen molar-refractivity contribution in [3.63, 3.8) is 0 Å². The Morgan fingerprint density at radius 1 is 0.541 bits per heavy atom. The number of anilines is 4. The lowest BCUT2D eigenvalue weighted by Gasteiger charge is -2.32. The van der Waals surface area contributed by atoms with Crippen LogP contribution in [0.15, 0.2) is 182 Å². The summed E-state index contributed by atoms with van der Waals surface area (Å²) in [5.74, 6) is 0.916. The number of hydrogen-bond donors (Lipinski definition) is 0. The number of rotatable bonds is 6. The lowest BCUT2D eigenvalue weighted by molar-refractivity contribution is -0.572. The van der Waals surface area contributed by atoms with Gasteiger partial charge in [-0.2, -0.15) is 0 Å². The Bertz CT molecular complexity index is 3270. The zero-order chi connectivity index (χ0) is 41.4. The Kier molecular flexibility index (Phi) is 8.50. The summed E-state index contributed by atoms with van der Waals surface area (Å²) >= 11 is 0. The average Bonchev–Trinajstić information content (AvgIpc) is 3.94. The van der Waals surface area contributed by atoms with Crippen molar-refractivity contribution in [3.05, 3.63) is 205 Å². The maximum atomic E-state index is 5.02. The van der Waals surface area contributed by atoms with Crippen LogP contribution >= 0.6 is 0 Å². The smallest absolute Gasteiger partial charge is 0.360 e. The summed E-state index contributed by atoms with van der Waals surface area (Å²) in [7, 11) is 0. The Hall–Kier alpha value is -7.38. The molecule has 0 N–H and O–H groups in total. The van der Waals surface area contributed by atoms with Crippen LogP contribution in [-0.2, 0) is 5.41 Å². The first kappa shape index (κ1) is 36.7. The molecule has 3 aromatic heterocycles. The third kappa shape index (κ3) is 5.94. The molecule has 0 bridgehead atoms. The third-order valence-electron chi connectivity index (χ3n) is 12.4. The molecule has 0 radical (unpaired) electrons. The molecular weight excluding hydrogens is 743 g/mol. The highest BCUT2D eigenvalue weighted by atomic mass is 15.3. The van der Waals surface area contributed by atoms with E-state index in [4.69, 9.17) is 4.98 Å². The van der Waals surface area contributed by atoms with E-state index in [0.29, 0.717) is 0 Å². The first-order valence-electron chi connectivity index (χ1n) is 21.1. The van der Waals surface area contributed by atoms with Gasteiger partial charge in [-0.25, -0.2) is 4.98 Å². The fourth-order valence-corrected chi connectivity index (χ4v) is 9.45. The summed E-state index contributed by atoms with van der Waals surface area (Å²) < 4.78 is 6.71. The van der Waals surface area contributed by atoms with Gasteiger partial charge in [-0.15, -0.1) is 0 Å². The minimum atomic E-state index is -0.189. The van der Waals surface area contributed by atoms with Crippen LogP contribution in [0.5, 0.6) is 0 Å². The van der Waals surface area contributed by atoms with Crippen molar-refractivity contribution in [2.75, 3.05) is 9.62 Å². The van der Waals surface area contributed by atoms with Crippen molar-refractivity contribution >= 4 is 68.0 Å². The molecule has 7 heteroatoms. The van der Waals surface area contributed by atoms with E-state index in [-0.39, 0.29) is 12.4 Å². The predicted octanol–water partition coefficient (Wildman–Crippen LogP) is 11.8. The molecule has 0 unspecified atom stereocenters. The molecular formula is C54H45BN6. The summed E-state index contributed by atoms with van der Waals surface area (Å²) in [5.41, 5.74) is 16.0. The molecule has 0 aliphatic carbocycles. The van der Waals surface area contributed by atoms with Crippen molar-refractivity contribution < 1.29 is 4.57 Å². The summed E-state index contributed by atoms with van der Waals surface area (Å²) in [6.45, 7) is 11.1. The Balaban J connectivity index is 1.19. The maximum Gasteiger partial charge on any atom is 0.421 e. The molecule has 11 rings (SSSR count). The molecule has 61 heavy (non-hydrogen) atoms. The van der Waals surface area contributed by atoms with Crippen molar-refractivity contribution in [2.24, 2.45) is 0 Å². The second-order valence-corrected chi connectivity index (χ2v) is 17.2. The van der Waals surface area contributed by atoms with E-state index < -0.39 is 0 Å². The molecule has 0 spiro atoms. The van der Waals surface area contributed by atoms with Gasteiger partial charge in [0, 0.05) is 28.3 Å². The molecule has 1 aliphatic rings. The van der Waals surface area contributed by atoms with Gasteiger partial charge in [-0.1, -0.05) is 135 Å². The Morgan fingerprint density at radius 2 is 1.20 bits per heavy atom. The SMILES string of the molecule is Cc1cccc(C)c1B1N(c2ccccc2)c2ccc(-n3[c-][n+](-c4ccccc4)c4ccccc43)cc2N1c1ccc2c3ccccc3n(-c3cc(C(C)(C)C)ccn3)c2c1. The number of fused-ring (bicyclic) bond motifs is 5. The summed E-state index contributed by atoms with van der Waals surface area (Å²) in [5, 5.41) is 2.40. The van der Waals surface area contributed by atoms with E-state index >= 15 is 0 Å². The molecule has 0 saturated heterocycles. The zero-order valence-corrected chi connectivity index (χ0v) is 35.1. The second-order valence-electron chi connectivity index (χ2n) is 17.2. The number of aryl methyl sites for hydroxylation is 2. The molecule has 1 aliphatic heterocycles. The second kappa shape index (κ2) is 14.1. The highest BCUT2D eigenvalue weighted by Gasteiger charge is 2.45. The highest BCUT2D eigenvalue weighted by Crippen LogP contribution is 2.48. The normalized spacial score (nSPS) is 12.9. The van der Waals surface area contributed by atoms with Gasteiger partial charge in [0.2, 0.25) is 0 Å². The minimum absolute atomic E-state index is 0.0268. The van der Waals surface area contributed by atoms with Crippen LogP contribution in [0.2, 0.25) is 0 Å². The number of benzene rings is 7. The summed E-state index contributed by atoms with van der Waals surface area (Å²) in [6, 6.07) is 63.5. The number of aromatic nitrogens is 4. The number of para-hydroxylation sites is 5. The van der Waals surface area contributed by atoms with Gasteiger partial charge in [-0.05, 0) is 103 Å². The van der Waals surface area contributed by atoms with E-state index in [1.807, 2.05) is 6.20 Å². The molecule has 6 nitrogen and oxygen atoms in total. The standard InChI is InChI=1S/C54H45BN6/c1-37-17-16-18-38(2)53(37)55-60(41-21-10-7-11-22-41)49-30-28-42(58-36-57(40-19-8-6-9-20-40)47-25-14-15-26-48(47)58)34-51(49)61(55)43-27-29-45-44-23-12-13-24-46(44)59(50(45)35-43)52-33-39(31-32-56-52)54(3,4)5/h6-35H,1-5H3. The molecule has 0 saturated carbocycles. The lowest BCUT2D eigenvalue weighted by atomic mass is 9.61. The van der Waals surface area contributed by atoms with Gasteiger partial charge >= 0.3 is 6.98 Å². The van der Waals surface area contributed by atoms with E-state index in [2.05, 4.69) is 240 Å². The highest BCUT2D eigenvalue weighted by molar-refractivity contribution is 6.85. The first-order valence-corrected chi connectivity index (χ1v) is 21.1. The zero-order valence-electron chi connectivity index (χ0n) is 35.1. The third-order valence-corrected chi connectivity index (χ3v) is 12.4. The Morgan fingerprint density at radius 3 is 1.97 bits per heavy atom. The molecule has 294 valence electrons. The molecule has 10 aromatic rings. The van der Waals surface area contributed by atoms with Crippen LogP contribution in [0, 0.1) is 20.2 Å².